The Morgan fingerprint density at radius 2 is 1.85 bits per heavy atom. The first-order valence-corrected chi connectivity index (χ1v) is 8.18. The van der Waals surface area contributed by atoms with Crippen molar-refractivity contribution in [1.29, 1.82) is 0 Å². The fraction of sp³-hybridized carbons (Fsp3) is 0.211. The van der Waals surface area contributed by atoms with Gasteiger partial charge in [-0.15, -0.1) is 0 Å². The van der Waals surface area contributed by atoms with Crippen LogP contribution in [-0.2, 0) is 11.3 Å². The van der Waals surface area contributed by atoms with Crippen LogP contribution in [0.15, 0.2) is 47.8 Å². The van der Waals surface area contributed by atoms with Crippen molar-refractivity contribution < 1.29 is 19.0 Å². The van der Waals surface area contributed by atoms with Crippen LogP contribution < -0.4 is 19.6 Å². The molecule has 0 fully saturated rings. The lowest BCUT2D eigenvalue weighted by atomic mass is 10.2. The summed E-state index contributed by atoms with van der Waals surface area (Å²) >= 11 is 0. The molecule has 1 aromatic heterocycles. The predicted octanol–water partition coefficient (Wildman–Crippen LogP) is 2.21. The SMILES string of the molecule is COc1cc(/C=N\NC(=O)Cn2cnc3ccccc32)cc(OC)c1OC. The van der Waals surface area contributed by atoms with Gasteiger partial charge in [0, 0.05) is 5.56 Å². The maximum Gasteiger partial charge on any atom is 0.260 e. The van der Waals surface area contributed by atoms with E-state index in [1.807, 2.05) is 24.3 Å². The number of nitrogens with one attached hydrogen (secondary N) is 1. The highest BCUT2D eigenvalue weighted by Gasteiger charge is 2.12. The molecule has 2 aromatic carbocycles. The Kier molecular flexibility index (Phi) is 5.55. The first kappa shape index (κ1) is 18.2. The third-order valence-corrected chi connectivity index (χ3v) is 3.93. The van der Waals surface area contributed by atoms with E-state index in [1.54, 1.807) is 23.0 Å². The van der Waals surface area contributed by atoms with Crippen LogP contribution in [0.1, 0.15) is 5.56 Å². The second-order valence-corrected chi connectivity index (χ2v) is 5.61. The van der Waals surface area contributed by atoms with E-state index < -0.39 is 0 Å². The number of hydrogen-bond donors (Lipinski definition) is 1. The van der Waals surface area contributed by atoms with Gasteiger partial charge in [-0.05, 0) is 24.3 Å². The van der Waals surface area contributed by atoms with E-state index in [2.05, 4.69) is 15.5 Å². The Balaban J connectivity index is 1.69. The quantitative estimate of drug-likeness (QED) is 0.510. The van der Waals surface area contributed by atoms with Crippen LogP contribution in [0.3, 0.4) is 0 Å². The number of carbonyl (C=O) groups is 1. The van der Waals surface area contributed by atoms with Gasteiger partial charge in [0.05, 0.1) is 44.9 Å². The van der Waals surface area contributed by atoms with Gasteiger partial charge in [-0.2, -0.15) is 5.10 Å². The topological polar surface area (TPSA) is 87.0 Å². The van der Waals surface area contributed by atoms with Crippen LogP contribution in [0.25, 0.3) is 11.0 Å². The van der Waals surface area contributed by atoms with Crippen LogP contribution in [0.2, 0.25) is 0 Å². The van der Waals surface area contributed by atoms with E-state index in [0.29, 0.717) is 22.8 Å². The number of benzene rings is 2. The smallest absolute Gasteiger partial charge is 0.260 e. The summed E-state index contributed by atoms with van der Waals surface area (Å²) in [6, 6.07) is 11.1. The number of fused-ring (bicyclic) bond motifs is 1. The van der Waals surface area contributed by atoms with Crippen molar-refractivity contribution in [2.75, 3.05) is 21.3 Å². The molecule has 0 aliphatic carbocycles. The number of ether oxygens (including phenoxy) is 3. The molecule has 0 saturated heterocycles. The Morgan fingerprint density at radius 3 is 2.52 bits per heavy atom. The first-order chi connectivity index (χ1) is 13.2. The average Bonchev–Trinajstić information content (AvgIpc) is 3.10. The zero-order chi connectivity index (χ0) is 19.2. The second kappa shape index (κ2) is 8.22. The molecule has 0 radical (unpaired) electrons. The van der Waals surface area contributed by atoms with Gasteiger partial charge in [0.25, 0.3) is 5.91 Å². The van der Waals surface area contributed by atoms with E-state index in [9.17, 15) is 4.79 Å². The van der Waals surface area contributed by atoms with Gasteiger partial charge in [-0.3, -0.25) is 4.79 Å². The number of rotatable bonds is 7. The van der Waals surface area contributed by atoms with Crippen LogP contribution in [0.4, 0.5) is 0 Å². The molecule has 0 bridgehead atoms. The molecular formula is C19H20N4O4. The zero-order valence-corrected chi connectivity index (χ0v) is 15.3. The van der Waals surface area contributed by atoms with Crippen molar-refractivity contribution in [3.63, 3.8) is 0 Å². The molecule has 0 unspecified atom stereocenters. The highest BCUT2D eigenvalue weighted by Crippen LogP contribution is 2.37. The minimum atomic E-state index is -0.262. The standard InChI is InChI=1S/C19H20N4O4/c1-25-16-8-13(9-17(26-2)19(16)27-3)10-21-22-18(24)11-23-12-20-14-6-4-5-7-15(14)23/h4-10,12H,11H2,1-3H3,(H,22,24)/b21-10-. The maximum atomic E-state index is 12.1. The molecule has 1 heterocycles. The van der Waals surface area contributed by atoms with Crippen molar-refractivity contribution >= 4 is 23.2 Å². The second-order valence-electron chi connectivity index (χ2n) is 5.61. The molecule has 140 valence electrons. The van der Waals surface area contributed by atoms with Gasteiger partial charge in [-0.25, -0.2) is 10.4 Å². The number of imidazole rings is 1. The molecule has 0 spiro atoms. The monoisotopic (exact) mass is 368 g/mol. The summed E-state index contributed by atoms with van der Waals surface area (Å²) in [6.07, 6.45) is 3.14. The summed E-state index contributed by atoms with van der Waals surface area (Å²) in [4.78, 5) is 16.4. The summed E-state index contributed by atoms with van der Waals surface area (Å²) in [7, 11) is 4.61. The lowest BCUT2D eigenvalue weighted by molar-refractivity contribution is -0.121. The summed E-state index contributed by atoms with van der Waals surface area (Å²) < 4.78 is 17.6. The third kappa shape index (κ3) is 4.00. The van der Waals surface area contributed by atoms with Gasteiger partial charge in [-0.1, -0.05) is 12.1 Å². The van der Waals surface area contributed by atoms with Gasteiger partial charge in [0.2, 0.25) is 5.75 Å². The average molecular weight is 368 g/mol. The van der Waals surface area contributed by atoms with Gasteiger partial charge in [0.1, 0.15) is 6.54 Å². The Hall–Kier alpha value is -3.55. The number of aromatic nitrogens is 2. The molecule has 1 N–H and O–H groups in total. The van der Waals surface area contributed by atoms with Crippen LogP contribution in [-0.4, -0.2) is 43.0 Å². The number of nitrogens with zero attached hydrogens (tertiary/aromatic N) is 3. The minimum Gasteiger partial charge on any atom is -0.493 e. The van der Waals surface area contributed by atoms with Crippen molar-refractivity contribution in [2.24, 2.45) is 5.10 Å². The number of amides is 1. The molecule has 3 rings (SSSR count). The molecule has 0 saturated carbocycles. The highest BCUT2D eigenvalue weighted by molar-refractivity contribution is 5.85. The van der Waals surface area contributed by atoms with E-state index in [-0.39, 0.29) is 12.5 Å². The van der Waals surface area contributed by atoms with Crippen LogP contribution in [0, 0.1) is 0 Å². The third-order valence-electron chi connectivity index (χ3n) is 3.93. The molecule has 8 nitrogen and oxygen atoms in total. The normalized spacial score (nSPS) is 10.9. The number of hydrogen-bond acceptors (Lipinski definition) is 6. The Labute approximate surface area is 156 Å². The van der Waals surface area contributed by atoms with Crippen molar-refractivity contribution in [2.45, 2.75) is 6.54 Å². The summed E-state index contributed by atoms with van der Waals surface area (Å²) in [5.74, 6) is 1.25. The lowest BCUT2D eigenvalue weighted by Gasteiger charge is -2.12. The molecule has 8 heteroatoms. The first-order valence-electron chi connectivity index (χ1n) is 8.18. The Bertz CT molecular complexity index is 956. The van der Waals surface area contributed by atoms with Gasteiger partial charge >= 0.3 is 0 Å². The summed E-state index contributed by atoms with van der Waals surface area (Å²) in [5, 5.41) is 4.00. The number of carbonyl (C=O) groups excluding carboxylic acids is 1. The predicted molar refractivity (Wildman–Crippen MR) is 102 cm³/mol. The number of para-hydroxylation sites is 2. The minimum absolute atomic E-state index is 0.118. The molecule has 1 amide bonds. The molecule has 27 heavy (non-hydrogen) atoms. The number of methoxy groups -OCH3 is 3. The Morgan fingerprint density at radius 1 is 1.15 bits per heavy atom. The lowest BCUT2D eigenvalue weighted by Crippen LogP contribution is -2.22. The van der Waals surface area contributed by atoms with Crippen LogP contribution >= 0.6 is 0 Å². The fourth-order valence-electron chi connectivity index (χ4n) is 2.68. The molecular weight excluding hydrogens is 348 g/mol. The highest BCUT2D eigenvalue weighted by atomic mass is 16.5. The van der Waals surface area contributed by atoms with Gasteiger partial charge in [0.15, 0.2) is 11.5 Å². The maximum absolute atomic E-state index is 12.1. The fourth-order valence-corrected chi connectivity index (χ4v) is 2.68. The molecule has 0 atom stereocenters. The van der Waals surface area contributed by atoms with Crippen molar-refractivity contribution in [3.05, 3.63) is 48.3 Å². The molecule has 3 aromatic rings. The van der Waals surface area contributed by atoms with Crippen molar-refractivity contribution in [1.82, 2.24) is 15.0 Å². The van der Waals surface area contributed by atoms with E-state index in [1.165, 1.54) is 27.5 Å². The largest absolute Gasteiger partial charge is 0.493 e. The molecule has 0 aliphatic rings. The summed E-state index contributed by atoms with van der Waals surface area (Å²) in [6.45, 7) is 0.118. The van der Waals surface area contributed by atoms with Crippen LogP contribution in [0.5, 0.6) is 17.2 Å². The number of hydrazone groups is 1. The zero-order valence-electron chi connectivity index (χ0n) is 15.3. The van der Waals surface area contributed by atoms with E-state index >= 15 is 0 Å². The van der Waals surface area contributed by atoms with E-state index in [4.69, 9.17) is 14.2 Å². The van der Waals surface area contributed by atoms with Crippen molar-refractivity contribution in [3.8, 4) is 17.2 Å². The molecule has 0 aliphatic heterocycles. The van der Waals surface area contributed by atoms with E-state index in [0.717, 1.165) is 11.0 Å². The van der Waals surface area contributed by atoms with Gasteiger partial charge < -0.3 is 18.8 Å². The summed E-state index contributed by atoms with van der Waals surface area (Å²) in [5.41, 5.74) is 4.93.